The van der Waals surface area contributed by atoms with Gasteiger partial charge >= 0.3 is 11.8 Å². The number of ether oxygens (including phenoxy) is 1. The van der Waals surface area contributed by atoms with Crippen molar-refractivity contribution in [2.45, 2.75) is 40.6 Å². The van der Waals surface area contributed by atoms with Crippen molar-refractivity contribution < 1.29 is 27.1 Å². The summed E-state index contributed by atoms with van der Waals surface area (Å²) in [6.07, 6.45) is -2.27. The molecule has 13 heteroatoms. The van der Waals surface area contributed by atoms with Gasteiger partial charge in [-0.25, -0.2) is 14.4 Å². The van der Waals surface area contributed by atoms with Gasteiger partial charge in [-0.3, -0.25) is 4.79 Å². The van der Waals surface area contributed by atoms with Gasteiger partial charge in [0.2, 0.25) is 0 Å². The summed E-state index contributed by atoms with van der Waals surface area (Å²) >= 11 is 0.744. The van der Waals surface area contributed by atoms with Crippen LogP contribution < -0.4 is 21.3 Å². The number of carbonyl (C=O) groups excluding carboxylic acids is 1. The normalized spacial score (nSPS) is 26.0. The molecule has 188 valence electrons. The Labute approximate surface area is 203 Å². The fourth-order valence-corrected chi connectivity index (χ4v) is 5.99. The number of aromatic nitrogens is 2. The first-order chi connectivity index (χ1) is 16.5. The number of carbonyl (C=O) groups is 1. The van der Waals surface area contributed by atoms with Crippen LogP contribution in [0.1, 0.15) is 18.4 Å². The molecule has 0 bridgehead atoms. The Bertz CT molecular complexity index is 1170. The molecule has 8 nitrogen and oxygen atoms in total. The fraction of sp³-hybridized carbons (Fsp3) is 0.500. The van der Waals surface area contributed by atoms with Crippen LogP contribution in [-0.4, -0.2) is 61.4 Å². The van der Waals surface area contributed by atoms with Crippen molar-refractivity contribution in [1.82, 2.24) is 9.97 Å². The number of alkyl halides is 4. The quantitative estimate of drug-likeness (QED) is 0.605. The number of halogens is 4. The lowest BCUT2D eigenvalue weighted by molar-refractivity contribution is -0.228. The lowest BCUT2D eigenvalue weighted by Crippen LogP contribution is -2.49. The van der Waals surface area contributed by atoms with Gasteiger partial charge in [0.15, 0.2) is 5.82 Å². The van der Waals surface area contributed by atoms with Crippen LogP contribution in [0.15, 0.2) is 34.3 Å². The van der Waals surface area contributed by atoms with Gasteiger partial charge in [-0.05, 0) is 25.0 Å². The second-order valence-corrected chi connectivity index (χ2v) is 10.2. The first-order valence-electron chi connectivity index (χ1n) is 11.0. The lowest BCUT2D eigenvalue weighted by Gasteiger charge is -2.41. The van der Waals surface area contributed by atoms with Crippen LogP contribution in [0, 0.1) is 5.41 Å². The molecular weight excluding hydrogens is 488 g/mol. The Kier molecular flexibility index (Phi) is 5.64. The van der Waals surface area contributed by atoms with Gasteiger partial charge in [0.05, 0.1) is 25.1 Å². The van der Waals surface area contributed by atoms with Crippen molar-refractivity contribution in [3.8, 4) is 0 Å². The summed E-state index contributed by atoms with van der Waals surface area (Å²) in [6, 6.07) is 4.03. The Morgan fingerprint density at radius 1 is 1.26 bits per heavy atom. The maximum Gasteiger partial charge on any atom is 0.436 e. The van der Waals surface area contributed by atoms with Gasteiger partial charge in [-0.2, -0.15) is 13.2 Å². The predicted molar refractivity (Wildman–Crippen MR) is 122 cm³/mol. The molecule has 2 atom stereocenters. The average molecular weight is 513 g/mol. The smallest absolute Gasteiger partial charge is 0.381 e. The Morgan fingerprint density at radius 2 is 1.97 bits per heavy atom. The molecule has 4 N–H and O–H groups in total. The third-order valence-electron chi connectivity index (χ3n) is 7.21. The Balaban J connectivity index is 1.40. The number of piperidine rings is 1. The van der Waals surface area contributed by atoms with E-state index in [1.165, 1.54) is 24.4 Å². The maximum absolute atomic E-state index is 15.4. The number of nitrogens with two attached hydrogens (primary N) is 2. The minimum Gasteiger partial charge on any atom is -0.381 e. The first kappa shape index (κ1) is 24.1. The molecule has 2 aromatic rings. The average Bonchev–Trinajstić information content (AvgIpc) is 3.27. The standard InChI is InChI=1S/C22H24F4N6O2S/c1-31-12-3-2-4-13(16(12)21(23,19(31)33)22(24,25)26)35-18-17(28)30-15(9-29-18)32-7-5-20(6-8-32)11-34-10-14(20)27/h2-4,9,14H,5-8,10-11,27H2,1H3,(H2,28,30)/t14-,21?/m1/s1. The van der Waals surface area contributed by atoms with E-state index < -0.39 is 23.3 Å². The number of benzene rings is 1. The highest BCUT2D eigenvalue weighted by molar-refractivity contribution is 7.99. The molecule has 1 spiro atoms. The molecule has 35 heavy (non-hydrogen) atoms. The van der Waals surface area contributed by atoms with E-state index >= 15 is 4.39 Å². The van der Waals surface area contributed by atoms with Gasteiger partial charge in [0.1, 0.15) is 10.8 Å². The molecule has 2 saturated heterocycles. The zero-order valence-corrected chi connectivity index (χ0v) is 19.6. The molecule has 3 aliphatic heterocycles. The highest BCUT2D eigenvalue weighted by Crippen LogP contribution is 2.55. The molecule has 2 fully saturated rings. The number of rotatable bonds is 3. The second kappa shape index (κ2) is 8.20. The van der Waals surface area contributed by atoms with Gasteiger partial charge in [-0.1, -0.05) is 17.8 Å². The number of likely N-dealkylation sites (N-methyl/N-ethyl adjacent to an activating group) is 1. The highest BCUT2D eigenvalue weighted by Gasteiger charge is 2.69. The number of fused-ring (bicyclic) bond motifs is 1. The van der Waals surface area contributed by atoms with E-state index in [1.54, 1.807) is 0 Å². The molecule has 3 aliphatic rings. The molecule has 1 aromatic heterocycles. The van der Waals surface area contributed by atoms with Crippen LogP contribution in [0.2, 0.25) is 0 Å². The van der Waals surface area contributed by atoms with Crippen molar-refractivity contribution in [3.05, 3.63) is 30.0 Å². The monoisotopic (exact) mass is 512 g/mol. The molecular formula is C22H24F4N6O2S. The molecule has 0 radical (unpaired) electrons. The third kappa shape index (κ3) is 3.62. The summed E-state index contributed by atoms with van der Waals surface area (Å²) < 4.78 is 62.1. The van der Waals surface area contributed by atoms with E-state index in [0.29, 0.717) is 37.0 Å². The SMILES string of the molecule is CN1C(=O)C(F)(C(F)(F)F)c2c(Sc3ncc(N4CCC5(CC4)COC[C@H]5N)nc3N)cccc21. The Morgan fingerprint density at radius 3 is 2.57 bits per heavy atom. The predicted octanol–water partition coefficient (Wildman–Crippen LogP) is 2.86. The van der Waals surface area contributed by atoms with E-state index in [4.69, 9.17) is 16.2 Å². The van der Waals surface area contributed by atoms with E-state index in [2.05, 4.69) is 9.97 Å². The van der Waals surface area contributed by atoms with Crippen molar-refractivity contribution >= 4 is 35.0 Å². The van der Waals surface area contributed by atoms with E-state index in [9.17, 15) is 18.0 Å². The van der Waals surface area contributed by atoms with Gasteiger partial charge < -0.3 is 26.0 Å². The largest absolute Gasteiger partial charge is 0.436 e. The van der Waals surface area contributed by atoms with Crippen LogP contribution in [0.25, 0.3) is 0 Å². The zero-order valence-electron chi connectivity index (χ0n) is 18.8. The van der Waals surface area contributed by atoms with Crippen molar-refractivity contribution in [2.75, 3.05) is 48.9 Å². The minimum absolute atomic E-state index is 0.000404. The molecule has 0 saturated carbocycles. The van der Waals surface area contributed by atoms with Crippen LogP contribution in [-0.2, 0) is 15.2 Å². The second-order valence-electron chi connectivity index (χ2n) is 9.16. The van der Waals surface area contributed by atoms with Crippen LogP contribution in [0.4, 0.5) is 34.9 Å². The van der Waals surface area contributed by atoms with Crippen molar-refractivity contribution in [1.29, 1.82) is 0 Å². The summed E-state index contributed by atoms with van der Waals surface area (Å²) in [6.45, 7) is 2.57. The summed E-state index contributed by atoms with van der Waals surface area (Å²) in [5.41, 5.74) is 7.24. The number of hydrogen-bond donors (Lipinski definition) is 2. The van der Waals surface area contributed by atoms with Gasteiger partial charge in [0, 0.05) is 42.1 Å². The van der Waals surface area contributed by atoms with Crippen LogP contribution >= 0.6 is 11.8 Å². The van der Waals surface area contributed by atoms with E-state index in [0.717, 1.165) is 31.7 Å². The lowest BCUT2D eigenvalue weighted by atomic mass is 9.75. The number of hydrogen-bond acceptors (Lipinski definition) is 8. The molecule has 1 unspecified atom stereocenters. The molecule has 4 heterocycles. The van der Waals surface area contributed by atoms with E-state index in [1.807, 2.05) is 4.90 Å². The number of nitrogens with zero attached hydrogens (tertiary/aromatic N) is 4. The van der Waals surface area contributed by atoms with Gasteiger partial charge in [-0.15, -0.1) is 0 Å². The summed E-state index contributed by atoms with van der Waals surface area (Å²) in [5, 5.41) is 0.119. The molecule has 0 aliphatic carbocycles. The van der Waals surface area contributed by atoms with Crippen LogP contribution in [0.5, 0.6) is 0 Å². The van der Waals surface area contributed by atoms with Crippen molar-refractivity contribution in [3.63, 3.8) is 0 Å². The summed E-state index contributed by atoms with van der Waals surface area (Å²) in [7, 11) is 1.11. The van der Waals surface area contributed by atoms with Crippen LogP contribution in [0.3, 0.4) is 0 Å². The number of amides is 1. The molecule has 1 amide bonds. The first-order valence-corrected chi connectivity index (χ1v) is 11.9. The molecule has 1 aromatic carbocycles. The zero-order chi connectivity index (χ0) is 25.2. The van der Waals surface area contributed by atoms with Crippen molar-refractivity contribution in [2.24, 2.45) is 11.1 Å². The third-order valence-corrected chi connectivity index (χ3v) is 8.28. The molecule has 5 rings (SSSR count). The minimum atomic E-state index is -5.43. The fourth-order valence-electron chi connectivity index (χ4n) is 5.03. The Hall–Kier alpha value is -2.64. The van der Waals surface area contributed by atoms with Gasteiger partial charge in [0.25, 0.3) is 5.91 Å². The maximum atomic E-state index is 15.4. The summed E-state index contributed by atoms with van der Waals surface area (Å²) in [5.74, 6) is -1.14. The topological polar surface area (TPSA) is 111 Å². The van der Waals surface area contributed by atoms with E-state index in [-0.39, 0.29) is 32.9 Å². The number of nitrogen functional groups attached to an aromatic ring is 1. The highest BCUT2D eigenvalue weighted by atomic mass is 32.2. The summed E-state index contributed by atoms with van der Waals surface area (Å²) in [4.78, 5) is 23.6. The number of anilines is 3.